The fourth-order valence-corrected chi connectivity index (χ4v) is 8.42. The fraction of sp³-hybridized carbons (Fsp3) is 0.831. The maximum atomic E-state index is 12.4. The third kappa shape index (κ3) is 51.1. The maximum Gasteiger partial charge on any atom is 0.305 e. The Morgan fingerprint density at radius 1 is 0.431 bits per heavy atom. The Labute approximate surface area is 404 Å². The summed E-state index contributed by atoms with van der Waals surface area (Å²) in [7, 11) is 0. The average Bonchev–Trinajstić information content (AvgIpc) is 3.31. The zero-order valence-electron chi connectivity index (χ0n) is 43.2. The summed E-state index contributed by atoms with van der Waals surface area (Å²) in [5.41, 5.74) is 0. The Kier molecular flexibility index (Phi) is 52.6. The van der Waals surface area contributed by atoms with Crippen molar-refractivity contribution in [3.8, 4) is 0 Å². The quantitative estimate of drug-likeness (QED) is 0.0321. The molecule has 0 bridgehead atoms. The van der Waals surface area contributed by atoms with Crippen molar-refractivity contribution >= 4 is 11.9 Å². The van der Waals surface area contributed by atoms with E-state index in [1.54, 1.807) is 6.08 Å². The molecule has 0 aromatic heterocycles. The number of allylic oxidation sites excluding steroid dienone is 7. The molecule has 0 heterocycles. The van der Waals surface area contributed by atoms with Gasteiger partial charge in [0.25, 0.3) is 0 Å². The maximum absolute atomic E-state index is 12.4. The van der Waals surface area contributed by atoms with E-state index in [9.17, 15) is 19.8 Å². The molecule has 0 fully saturated rings. The molecule has 2 atom stereocenters. The van der Waals surface area contributed by atoms with Gasteiger partial charge in [-0.25, -0.2) is 0 Å². The molecule has 0 aromatic rings. The van der Waals surface area contributed by atoms with Gasteiger partial charge in [0.1, 0.15) is 0 Å². The third-order valence-electron chi connectivity index (χ3n) is 12.8. The summed E-state index contributed by atoms with van der Waals surface area (Å²) in [6, 6.07) is -0.639. The summed E-state index contributed by atoms with van der Waals surface area (Å²) < 4.78 is 5.46. The average molecular weight is 913 g/mol. The zero-order valence-corrected chi connectivity index (χ0v) is 43.2. The molecule has 65 heavy (non-hydrogen) atoms. The van der Waals surface area contributed by atoms with Crippen molar-refractivity contribution in [1.29, 1.82) is 0 Å². The minimum absolute atomic E-state index is 0.0125. The van der Waals surface area contributed by atoms with Gasteiger partial charge in [-0.05, 0) is 89.9 Å². The van der Waals surface area contributed by atoms with Crippen LogP contribution in [0.5, 0.6) is 0 Å². The van der Waals surface area contributed by atoms with Crippen molar-refractivity contribution in [3.63, 3.8) is 0 Å². The zero-order chi connectivity index (χ0) is 47.2. The van der Waals surface area contributed by atoms with Crippen molar-refractivity contribution in [2.75, 3.05) is 13.2 Å². The van der Waals surface area contributed by atoms with Gasteiger partial charge < -0.3 is 20.3 Å². The van der Waals surface area contributed by atoms with E-state index in [0.717, 1.165) is 70.6 Å². The van der Waals surface area contributed by atoms with Crippen molar-refractivity contribution in [2.24, 2.45) is 0 Å². The number of nitrogens with one attached hydrogen (secondary N) is 1. The number of ether oxygens (including phenoxy) is 1. The molecule has 0 radical (unpaired) electrons. The number of carbonyl (C=O) groups is 2. The van der Waals surface area contributed by atoms with E-state index in [2.05, 4.69) is 55.6 Å². The van der Waals surface area contributed by atoms with Gasteiger partial charge in [-0.3, -0.25) is 9.59 Å². The first-order valence-electron chi connectivity index (χ1n) is 28.4. The minimum Gasteiger partial charge on any atom is -0.466 e. The predicted molar refractivity (Wildman–Crippen MR) is 282 cm³/mol. The van der Waals surface area contributed by atoms with Crippen LogP contribution in [0.25, 0.3) is 0 Å². The molecule has 0 saturated carbocycles. The fourth-order valence-electron chi connectivity index (χ4n) is 8.42. The van der Waals surface area contributed by atoms with Crippen LogP contribution in [0.15, 0.2) is 48.6 Å². The first kappa shape index (κ1) is 62.8. The number of aliphatic hydroxyl groups is 2. The molecule has 0 aromatic carbocycles. The van der Waals surface area contributed by atoms with Crippen LogP contribution in [0.4, 0.5) is 0 Å². The third-order valence-corrected chi connectivity index (χ3v) is 12.8. The summed E-state index contributed by atoms with van der Waals surface area (Å²) in [6.07, 6.45) is 68.4. The second kappa shape index (κ2) is 54.4. The molecular formula is C59H109NO5. The standard InChI is InChI=1S/C59H109NO5/c1-3-5-7-9-11-13-15-17-23-27-31-35-39-43-47-51-57(62)56(55-61)60-58(63)52-48-44-40-36-32-28-25-21-19-20-22-26-30-34-38-42-46-50-54-65-59(64)53-49-45-41-37-33-29-24-18-16-14-12-10-8-6-4-2/h12,14,18,21,24-25,47,51,56-57,61-62H,3-11,13,15-17,19-20,22-23,26-46,48-50,52-55H2,1-2H3,(H,60,63)/b14-12-,24-18-,25-21-,51-47+. The molecule has 1 amide bonds. The first-order chi connectivity index (χ1) is 32.0. The molecule has 6 nitrogen and oxygen atoms in total. The molecule has 0 aliphatic rings. The summed E-state index contributed by atoms with van der Waals surface area (Å²) in [4.78, 5) is 24.5. The van der Waals surface area contributed by atoms with Gasteiger partial charge in [-0.15, -0.1) is 0 Å². The number of esters is 1. The number of hydrogen-bond donors (Lipinski definition) is 3. The molecule has 380 valence electrons. The van der Waals surface area contributed by atoms with E-state index in [1.807, 2.05) is 6.08 Å². The lowest BCUT2D eigenvalue weighted by atomic mass is 10.0. The molecule has 0 rings (SSSR count). The van der Waals surface area contributed by atoms with Crippen LogP contribution in [0.1, 0.15) is 290 Å². The Bertz CT molecular complexity index is 1100. The number of hydrogen-bond acceptors (Lipinski definition) is 5. The van der Waals surface area contributed by atoms with Crippen molar-refractivity contribution in [1.82, 2.24) is 5.32 Å². The predicted octanol–water partition coefficient (Wildman–Crippen LogP) is 17.4. The van der Waals surface area contributed by atoms with Crippen LogP contribution in [-0.2, 0) is 14.3 Å². The molecule has 6 heteroatoms. The van der Waals surface area contributed by atoms with Crippen LogP contribution < -0.4 is 5.32 Å². The van der Waals surface area contributed by atoms with Gasteiger partial charge in [-0.2, -0.15) is 0 Å². The van der Waals surface area contributed by atoms with E-state index in [0.29, 0.717) is 19.4 Å². The van der Waals surface area contributed by atoms with Gasteiger partial charge in [-0.1, -0.05) is 236 Å². The van der Waals surface area contributed by atoms with Crippen LogP contribution >= 0.6 is 0 Å². The SMILES string of the molecule is CCCCC/C=C\C/C=C\CCCCCCCC(=O)OCCCCCCCCCCC/C=C\CCCCCCCC(=O)NC(CO)C(O)/C=C/CCCCCCCCCCCCCCC. The van der Waals surface area contributed by atoms with E-state index in [1.165, 1.54) is 193 Å². The highest BCUT2D eigenvalue weighted by molar-refractivity contribution is 5.76. The van der Waals surface area contributed by atoms with Gasteiger partial charge in [0.15, 0.2) is 0 Å². The first-order valence-corrected chi connectivity index (χ1v) is 28.4. The lowest BCUT2D eigenvalue weighted by Crippen LogP contribution is -2.45. The highest BCUT2D eigenvalue weighted by Crippen LogP contribution is 2.15. The number of unbranched alkanes of at least 4 members (excludes halogenated alkanes) is 35. The summed E-state index contributed by atoms with van der Waals surface area (Å²) in [6.45, 7) is 4.85. The van der Waals surface area contributed by atoms with Gasteiger partial charge in [0, 0.05) is 12.8 Å². The molecular weight excluding hydrogens is 803 g/mol. The topological polar surface area (TPSA) is 95.9 Å². The molecule has 3 N–H and O–H groups in total. The van der Waals surface area contributed by atoms with Crippen LogP contribution in [-0.4, -0.2) is 47.4 Å². The Morgan fingerprint density at radius 3 is 1.22 bits per heavy atom. The highest BCUT2D eigenvalue weighted by Gasteiger charge is 2.18. The van der Waals surface area contributed by atoms with Crippen LogP contribution in [0.2, 0.25) is 0 Å². The van der Waals surface area contributed by atoms with E-state index < -0.39 is 12.1 Å². The van der Waals surface area contributed by atoms with E-state index >= 15 is 0 Å². The molecule has 2 unspecified atom stereocenters. The van der Waals surface area contributed by atoms with Crippen molar-refractivity contribution in [2.45, 2.75) is 302 Å². The monoisotopic (exact) mass is 912 g/mol. The second-order valence-corrected chi connectivity index (χ2v) is 19.3. The van der Waals surface area contributed by atoms with Crippen molar-refractivity contribution in [3.05, 3.63) is 48.6 Å². The molecule has 0 aliphatic heterocycles. The number of carbonyl (C=O) groups excluding carboxylic acids is 2. The number of rotatable bonds is 52. The normalized spacial score (nSPS) is 13.0. The lowest BCUT2D eigenvalue weighted by Gasteiger charge is -2.20. The number of amides is 1. The summed E-state index contributed by atoms with van der Waals surface area (Å²) >= 11 is 0. The highest BCUT2D eigenvalue weighted by atomic mass is 16.5. The molecule has 0 aliphatic carbocycles. The largest absolute Gasteiger partial charge is 0.466 e. The Balaban J connectivity index is 3.49. The van der Waals surface area contributed by atoms with E-state index in [4.69, 9.17) is 4.74 Å². The summed E-state index contributed by atoms with van der Waals surface area (Å²) in [5.74, 6) is -0.0954. The van der Waals surface area contributed by atoms with Gasteiger partial charge in [0.05, 0.1) is 25.4 Å². The Hall–Kier alpha value is -2.18. The smallest absolute Gasteiger partial charge is 0.305 e. The Morgan fingerprint density at radius 2 is 0.769 bits per heavy atom. The molecule has 0 spiro atoms. The van der Waals surface area contributed by atoms with Gasteiger partial charge >= 0.3 is 5.97 Å². The minimum atomic E-state index is -0.854. The molecule has 0 saturated heterocycles. The second-order valence-electron chi connectivity index (χ2n) is 19.3. The van der Waals surface area contributed by atoms with Crippen LogP contribution in [0.3, 0.4) is 0 Å². The summed E-state index contributed by atoms with van der Waals surface area (Å²) in [5, 5.41) is 23.1. The van der Waals surface area contributed by atoms with Crippen molar-refractivity contribution < 1.29 is 24.5 Å². The van der Waals surface area contributed by atoms with Gasteiger partial charge in [0.2, 0.25) is 5.91 Å². The van der Waals surface area contributed by atoms with E-state index in [-0.39, 0.29) is 18.5 Å². The lowest BCUT2D eigenvalue weighted by molar-refractivity contribution is -0.143. The number of aliphatic hydroxyl groups excluding tert-OH is 2. The van der Waals surface area contributed by atoms with Crippen LogP contribution in [0, 0.1) is 0 Å².